The number of carbonyl (C=O) groups excluding carboxylic acids is 1. The van der Waals surface area contributed by atoms with Gasteiger partial charge in [0.2, 0.25) is 0 Å². The molecular formula is C23H31NO4. The molecule has 2 rings (SSSR count). The van der Waals surface area contributed by atoms with E-state index in [-0.39, 0.29) is 17.2 Å². The van der Waals surface area contributed by atoms with Crippen LogP contribution in [0.5, 0.6) is 17.2 Å². The van der Waals surface area contributed by atoms with Gasteiger partial charge in [0.05, 0.1) is 6.61 Å². The molecule has 5 heteroatoms. The molecule has 0 bridgehead atoms. The maximum absolute atomic E-state index is 12.4. The highest BCUT2D eigenvalue weighted by Crippen LogP contribution is 2.32. The lowest BCUT2D eigenvalue weighted by atomic mass is 10.1. The van der Waals surface area contributed by atoms with Crippen molar-refractivity contribution in [1.82, 2.24) is 0 Å². The van der Waals surface area contributed by atoms with Gasteiger partial charge in [-0.15, -0.1) is 0 Å². The molecule has 0 saturated heterocycles. The Morgan fingerprint density at radius 2 is 1.50 bits per heavy atom. The maximum Gasteiger partial charge on any atom is 0.256 e. The molecule has 3 N–H and O–H groups in total. The summed E-state index contributed by atoms with van der Waals surface area (Å²) in [7, 11) is 0. The summed E-state index contributed by atoms with van der Waals surface area (Å²) in [5, 5.41) is 22.1. The molecule has 0 fully saturated rings. The van der Waals surface area contributed by atoms with Gasteiger partial charge in [0.1, 0.15) is 22.9 Å². The number of rotatable bonds is 12. The number of aromatic hydroxyl groups is 2. The number of para-hydroxylation sites is 1. The number of nitrogens with one attached hydrogen (secondary N) is 1. The van der Waals surface area contributed by atoms with Crippen LogP contribution in [-0.2, 0) is 0 Å². The zero-order valence-electron chi connectivity index (χ0n) is 16.6. The van der Waals surface area contributed by atoms with Crippen molar-refractivity contribution in [1.29, 1.82) is 0 Å². The van der Waals surface area contributed by atoms with Crippen LogP contribution < -0.4 is 10.1 Å². The Balaban J connectivity index is 1.76. The molecule has 1 amide bonds. The molecule has 0 aromatic heterocycles. The lowest BCUT2D eigenvalue weighted by Gasteiger charge is -2.10. The first kappa shape index (κ1) is 21.6. The lowest BCUT2D eigenvalue weighted by Crippen LogP contribution is -2.12. The fourth-order valence-corrected chi connectivity index (χ4v) is 3.00. The zero-order chi connectivity index (χ0) is 20.2. The van der Waals surface area contributed by atoms with Crippen molar-refractivity contribution in [2.45, 2.75) is 58.3 Å². The molecule has 0 spiro atoms. The van der Waals surface area contributed by atoms with Crippen molar-refractivity contribution < 1.29 is 19.7 Å². The minimum atomic E-state index is -0.422. The summed E-state index contributed by atoms with van der Waals surface area (Å²) in [4.78, 5) is 12.4. The average Bonchev–Trinajstić information content (AvgIpc) is 2.70. The quantitative estimate of drug-likeness (QED) is 0.315. The highest BCUT2D eigenvalue weighted by Gasteiger charge is 2.13. The highest BCUT2D eigenvalue weighted by molar-refractivity contribution is 6.06. The van der Waals surface area contributed by atoms with E-state index in [0.717, 1.165) is 12.8 Å². The van der Waals surface area contributed by atoms with Crippen LogP contribution in [0.2, 0.25) is 0 Å². The predicted molar refractivity (Wildman–Crippen MR) is 112 cm³/mol. The van der Waals surface area contributed by atoms with Crippen molar-refractivity contribution in [3.8, 4) is 17.2 Å². The third kappa shape index (κ3) is 7.14. The van der Waals surface area contributed by atoms with Gasteiger partial charge in [-0.3, -0.25) is 4.79 Å². The summed E-state index contributed by atoms with van der Waals surface area (Å²) in [5.74, 6) is -0.155. The summed E-state index contributed by atoms with van der Waals surface area (Å²) in [5.41, 5.74) is 0.397. The van der Waals surface area contributed by atoms with E-state index < -0.39 is 5.91 Å². The number of ether oxygens (including phenoxy) is 1. The van der Waals surface area contributed by atoms with Crippen molar-refractivity contribution in [2.24, 2.45) is 0 Å². The van der Waals surface area contributed by atoms with Crippen LogP contribution in [0.4, 0.5) is 5.69 Å². The van der Waals surface area contributed by atoms with E-state index in [0.29, 0.717) is 17.9 Å². The molecule has 0 saturated carbocycles. The van der Waals surface area contributed by atoms with Crippen LogP contribution in [0, 0.1) is 0 Å². The second-order valence-corrected chi connectivity index (χ2v) is 6.98. The van der Waals surface area contributed by atoms with Crippen LogP contribution >= 0.6 is 0 Å². The van der Waals surface area contributed by atoms with Gasteiger partial charge < -0.3 is 20.3 Å². The van der Waals surface area contributed by atoms with Crippen LogP contribution in [0.3, 0.4) is 0 Å². The third-order valence-corrected chi connectivity index (χ3v) is 4.62. The van der Waals surface area contributed by atoms with Gasteiger partial charge in [-0.05, 0) is 36.8 Å². The monoisotopic (exact) mass is 385 g/mol. The van der Waals surface area contributed by atoms with E-state index in [1.165, 1.54) is 56.7 Å². The standard InChI is InChI=1S/C23H31NO4/c1-2-3-4-5-6-7-8-9-16-28-19-13-10-12-18(17-19)23(27)24-22-20(25)14-11-15-21(22)26/h10-15,17,25-26H,2-9,16H2,1H3,(H,24,27). The maximum atomic E-state index is 12.4. The number of hydrogen-bond donors (Lipinski definition) is 3. The molecule has 28 heavy (non-hydrogen) atoms. The van der Waals surface area contributed by atoms with E-state index >= 15 is 0 Å². The lowest BCUT2D eigenvalue weighted by molar-refractivity contribution is 0.102. The van der Waals surface area contributed by atoms with Crippen LogP contribution in [0.25, 0.3) is 0 Å². The fraction of sp³-hybridized carbons (Fsp3) is 0.435. The van der Waals surface area contributed by atoms with E-state index in [1.807, 2.05) is 6.07 Å². The third-order valence-electron chi connectivity index (χ3n) is 4.62. The zero-order valence-corrected chi connectivity index (χ0v) is 16.6. The summed E-state index contributed by atoms with van der Waals surface area (Å²) in [6.45, 7) is 2.85. The van der Waals surface area contributed by atoms with Gasteiger partial charge in [0, 0.05) is 5.56 Å². The van der Waals surface area contributed by atoms with Gasteiger partial charge in [0.25, 0.3) is 5.91 Å². The molecule has 5 nitrogen and oxygen atoms in total. The summed E-state index contributed by atoms with van der Waals surface area (Å²) in [6.07, 6.45) is 9.93. The first-order valence-electron chi connectivity index (χ1n) is 10.2. The first-order valence-corrected chi connectivity index (χ1v) is 10.2. The van der Waals surface area contributed by atoms with E-state index in [2.05, 4.69) is 12.2 Å². The Labute approximate surface area is 167 Å². The van der Waals surface area contributed by atoms with Gasteiger partial charge >= 0.3 is 0 Å². The predicted octanol–water partition coefficient (Wildman–Crippen LogP) is 5.87. The number of benzene rings is 2. The number of carbonyl (C=O) groups is 1. The van der Waals surface area contributed by atoms with Gasteiger partial charge in [-0.25, -0.2) is 0 Å². The molecule has 0 radical (unpaired) electrons. The van der Waals surface area contributed by atoms with Crippen molar-refractivity contribution in [3.05, 3.63) is 48.0 Å². The normalized spacial score (nSPS) is 10.6. The molecule has 152 valence electrons. The van der Waals surface area contributed by atoms with Crippen LogP contribution in [-0.4, -0.2) is 22.7 Å². The Morgan fingerprint density at radius 3 is 2.18 bits per heavy atom. The minimum Gasteiger partial charge on any atom is -0.506 e. The summed E-state index contributed by atoms with van der Waals surface area (Å²) < 4.78 is 5.76. The Bertz CT molecular complexity index is 725. The SMILES string of the molecule is CCCCCCCCCCOc1cccc(C(=O)Nc2c(O)cccc2O)c1. The van der Waals surface area contributed by atoms with E-state index in [1.54, 1.807) is 18.2 Å². The Kier molecular flexibility index (Phi) is 9.19. The topological polar surface area (TPSA) is 78.8 Å². The van der Waals surface area contributed by atoms with E-state index in [9.17, 15) is 15.0 Å². The van der Waals surface area contributed by atoms with E-state index in [4.69, 9.17) is 4.74 Å². The number of hydrogen-bond acceptors (Lipinski definition) is 4. The second kappa shape index (κ2) is 11.9. The van der Waals surface area contributed by atoms with Crippen molar-refractivity contribution in [3.63, 3.8) is 0 Å². The highest BCUT2D eigenvalue weighted by atomic mass is 16.5. The first-order chi connectivity index (χ1) is 13.6. The Hall–Kier alpha value is -2.69. The van der Waals surface area contributed by atoms with Gasteiger partial charge in [0.15, 0.2) is 0 Å². The molecule has 0 heterocycles. The number of unbranched alkanes of at least 4 members (excludes halogenated alkanes) is 7. The largest absolute Gasteiger partial charge is 0.506 e. The van der Waals surface area contributed by atoms with Gasteiger partial charge in [-0.1, -0.05) is 64.0 Å². The molecule has 0 aliphatic heterocycles. The smallest absolute Gasteiger partial charge is 0.256 e. The second-order valence-electron chi connectivity index (χ2n) is 6.98. The fourth-order valence-electron chi connectivity index (χ4n) is 3.00. The van der Waals surface area contributed by atoms with Crippen LogP contribution in [0.1, 0.15) is 68.6 Å². The molecule has 2 aromatic carbocycles. The number of phenolic OH excluding ortho intramolecular Hbond substituents is 2. The molecular weight excluding hydrogens is 354 g/mol. The number of phenols is 2. The summed E-state index contributed by atoms with van der Waals surface area (Å²) >= 11 is 0. The minimum absolute atomic E-state index is 0.00208. The molecule has 0 aliphatic carbocycles. The van der Waals surface area contributed by atoms with Crippen molar-refractivity contribution >= 4 is 11.6 Å². The Morgan fingerprint density at radius 1 is 0.893 bits per heavy atom. The van der Waals surface area contributed by atoms with Gasteiger partial charge in [-0.2, -0.15) is 0 Å². The number of anilines is 1. The average molecular weight is 386 g/mol. The van der Waals surface area contributed by atoms with Crippen molar-refractivity contribution in [2.75, 3.05) is 11.9 Å². The molecule has 2 aromatic rings. The molecule has 0 aliphatic rings. The summed E-state index contributed by atoms with van der Waals surface area (Å²) in [6, 6.07) is 11.2. The van der Waals surface area contributed by atoms with Crippen LogP contribution in [0.15, 0.2) is 42.5 Å². The molecule has 0 atom stereocenters. The number of amides is 1. The molecule has 0 unspecified atom stereocenters.